The van der Waals surface area contributed by atoms with E-state index in [0.29, 0.717) is 28.1 Å². The molecule has 10 heteroatoms. The van der Waals surface area contributed by atoms with Crippen LogP contribution in [0.25, 0.3) is 33.2 Å². The van der Waals surface area contributed by atoms with Crippen molar-refractivity contribution in [3.05, 3.63) is 72.3 Å². The lowest BCUT2D eigenvalue weighted by atomic mass is 10.1. The van der Waals surface area contributed by atoms with E-state index in [1.807, 2.05) is 25.1 Å². The highest BCUT2D eigenvalue weighted by Gasteiger charge is 2.27. The smallest absolute Gasteiger partial charge is 0.305 e. The summed E-state index contributed by atoms with van der Waals surface area (Å²) < 4.78 is 39.4. The van der Waals surface area contributed by atoms with Crippen LogP contribution in [0.4, 0.5) is 0 Å². The standard InChI is InChI=1S/C26H24N4O5S/c1-16-4-7-18(8-5-16)36(32,33)30-24(21-14-27-22-9-6-17(34-2)12-19(21)22)13-20-23(10-11-25(31)35-3)28-15-29-26(20)30/h4-9,12-15,27H,10-11H2,1-3H3. The lowest BCUT2D eigenvalue weighted by Gasteiger charge is -2.12. The number of ether oxygens (including phenoxy) is 2. The lowest BCUT2D eigenvalue weighted by Crippen LogP contribution is -2.15. The number of esters is 1. The van der Waals surface area contributed by atoms with Gasteiger partial charge < -0.3 is 14.5 Å². The van der Waals surface area contributed by atoms with Gasteiger partial charge in [-0.25, -0.2) is 22.4 Å². The second-order valence-electron chi connectivity index (χ2n) is 8.36. The van der Waals surface area contributed by atoms with Gasteiger partial charge in [0.15, 0.2) is 5.65 Å². The summed E-state index contributed by atoms with van der Waals surface area (Å²) in [6.45, 7) is 1.90. The minimum atomic E-state index is -4.04. The number of rotatable bonds is 7. The minimum Gasteiger partial charge on any atom is -0.497 e. The maximum Gasteiger partial charge on any atom is 0.305 e. The molecule has 0 spiro atoms. The number of hydrogen-bond acceptors (Lipinski definition) is 7. The Hall–Kier alpha value is -4.18. The SMILES string of the molecule is COC(=O)CCc1ncnc2c1cc(-c1c[nH]c3ccc(OC)cc13)n2S(=O)(=O)c1ccc(C)cc1. The monoisotopic (exact) mass is 504 g/mol. The molecule has 2 aromatic carbocycles. The van der Waals surface area contributed by atoms with E-state index < -0.39 is 10.0 Å². The van der Waals surface area contributed by atoms with Crippen LogP contribution in [0.5, 0.6) is 5.75 Å². The van der Waals surface area contributed by atoms with E-state index in [2.05, 4.69) is 15.0 Å². The number of H-pyrrole nitrogens is 1. The molecule has 36 heavy (non-hydrogen) atoms. The summed E-state index contributed by atoms with van der Waals surface area (Å²) >= 11 is 0. The fourth-order valence-electron chi connectivity index (χ4n) is 4.25. The van der Waals surface area contributed by atoms with E-state index in [9.17, 15) is 13.2 Å². The van der Waals surface area contributed by atoms with Gasteiger partial charge in [-0.2, -0.15) is 0 Å². The molecular formula is C26H24N4O5S. The third kappa shape index (κ3) is 3.99. The number of aromatic nitrogens is 4. The third-order valence-electron chi connectivity index (χ3n) is 6.16. The zero-order chi connectivity index (χ0) is 25.4. The van der Waals surface area contributed by atoms with Crippen LogP contribution >= 0.6 is 0 Å². The molecule has 0 unspecified atom stereocenters. The van der Waals surface area contributed by atoms with Gasteiger partial charge in [0.1, 0.15) is 12.1 Å². The van der Waals surface area contributed by atoms with Gasteiger partial charge in [0, 0.05) is 34.5 Å². The van der Waals surface area contributed by atoms with Gasteiger partial charge in [-0.3, -0.25) is 4.79 Å². The average molecular weight is 505 g/mol. The van der Waals surface area contributed by atoms with Gasteiger partial charge in [-0.1, -0.05) is 17.7 Å². The summed E-state index contributed by atoms with van der Waals surface area (Å²) in [6.07, 6.45) is 3.47. The second kappa shape index (κ2) is 9.12. The Morgan fingerprint density at radius 1 is 1.03 bits per heavy atom. The summed E-state index contributed by atoms with van der Waals surface area (Å²) in [6, 6.07) is 14.0. The molecule has 184 valence electrons. The molecule has 5 rings (SSSR count). The number of nitrogens with one attached hydrogen (secondary N) is 1. The number of carbonyl (C=O) groups is 1. The molecule has 0 amide bonds. The molecule has 3 aromatic heterocycles. The van der Waals surface area contributed by atoms with Crippen LogP contribution in [0.3, 0.4) is 0 Å². The Morgan fingerprint density at radius 2 is 1.81 bits per heavy atom. The number of nitrogens with zero attached hydrogens (tertiary/aromatic N) is 3. The fourth-order valence-corrected chi connectivity index (χ4v) is 5.72. The van der Waals surface area contributed by atoms with Gasteiger partial charge in [-0.05, 0) is 43.3 Å². The van der Waals surface area contributed by atoms with E-state index in [0.717, 1.165) is 16.5 Å². The van der Waals surface area contributed by atoms with Gasteiger partial charge >= 0.3 is 5.97 Å². The van der Waals surface area contributed by atoms with Crippen molar-refractivity contribution in [2.75, 3.05) is 14.2 Å². The summed E-state index contributed by atoms with van der Waals surface area (Å²) in [5.74, 6) is 0.267. The molecule has 0 atom stereocenters. The summed E-state index contributed by atoms with van der Waals surface area (Å²) in [5.41, 5.74) is 3.65. The molecule has 0 radical (unpaired) electrons. The van der Waals surface area contributed by atoms with E-state index in [1.54, 1.807) is 43.6 Å². The first-order chi connectivity index (χ1) is 17.3. The molecule has 0 bridgehead atoms. The topological polar surface area (TPSA) is 116 Å². The Bertz CT molecular complexity index is 1700. The molecule has 0 fully saturated rings. The summed E-state index contributed by atoms with van der Waals surface area (Å²) in [5, 5.41) is 1.34. The van der Waals surface area contributed by atoms with Crippen LogP contribution in [0.2, 0.25) is 0 Å². The van der Waals surface area contributed by atoms with Crippen molar-refractivity contribution in [1.82, 2.24) is 18.9 Å². The normalized spacial score (nSPS) is 11.8. The van der Waals surface area contributed by atoms with Crippen molar-refractivity contribution in [3.8, 4) is 17.0 Å². The largest absolute Gasteiger partial charge is 0.497 e. The fraction of sp³-hybridized carbons (Fsp3) is 0.192. The van der Waals surface area contributed by atoms with Crippen LogP contribution in [0.1, 0.15) is 17.7 Å². The maximum atomic E-state index is 14.0. The number of benzene rings is 2. The number of fused-ring (bicyclic) bond motifs is 2. The number of hydrogen-bond donors (Lipinski definition) is 1. The van der Waals surface area contributed by atoms with E-state index in [-0.39, 0.29) is 29.4 Å². The van der Waals surface area contributed by atoms with Crippen LogP contribution in [0.15, 0.2) is 66.0 Å². The second-order valence-corrected chi connectivity index (χ2v) is 10.1. The number of aryl methyl sites for hydroxylation is 2. The van der Waals surface area contributed by atoms with Crippen LogP contribution in [0, 0.1) is 6.92 Å². The molecular weight excluding hydrogens is 480 g/mol. The molecule has 0 aliphatic heterocycles. The van der Waals surface area contributed by atoms with Crippen molar-refractivity contribution in [2.24, 2.45) is 0 Å². The minimum absolute atomic E-state index is 0.109. The summed E-state index contributed by atoms with van der Waals surface area (Å²) in [4.78, 5) is 23.8. The Labute approximate surface area is 207 Å². The highest BCUT2D eigenvalue weighted by Crippen LogP contribution is 2.37. The molecule has 0 saturated carbocycles. The van der Waals surface area contributed by atoms with Crippen molar-refractivity contribution < 1.29 is 22.7 Å². The van der Waals surface area contributed by atoms with Gasteiger partial charge in [-0.15, -0.1) is 0 Å². The molecule has 3 heterocycles. The van der Waals surface area contributed by atoms with Gasteiger partial charge in [0.2, 0.25) is 0 Å². The quantitative estimate of drug-likeness (QED) is 0.330. The van der Waals surface area contributed by atoms with Crippen LogP contribution in [-0.4, -0.2) is 47.5 Å². The molecule has 5 aromatic rings. The Balaban J connectivity index is 1.80. The van der Waals surface area contributed by atoms with Gasteiger partial charge in [0.25, 0.3) is 10.0 Å². The summed E-state index contributed by atoms with van der Waals surface area (Å²) in [7, 11) is -1.14. The molecule has 0 aliphatic rings. The van der Waals surface area contributed by atoms with Gasteiger partial charge in [0.05, 0.1) is 36.9 Å². The predicted octanol–water partition coefficient (Wildman–Crippen LogP) is 4.24. The van der Waals surface area contributed by atoms with Crippen molar-refractivity contribution in [3.63, 3.8) is 0 Å². The molecule has 1 N–H and O–H groups in total. The zero-order valence-corrected chi connectivity index (χ0v) is 20.8. The van der Waals surface area contributed by atoms with E-state index in [1.165, 1.54) is 17.4 Å². The average Bonchev–Trinajstić information content (AvgIpc) is 3.48. The van der Waals surface area contributed by atoms with Crippen molar-refractivity contribution >= 4 is 37.9 Å². The van der Waals surface area contributed by atoms with Crippen LogP contribution in [-0.2, 0) is 26.0 Å². The number of aromatic amines is 1. The van der Waals surface area contributed by atoms with Crippen LogP contribution < -0.4 is 4.74 Å². The maximum absolute atomic E-state index is 14.0. The van der Waals surface area contributed by atoms with E-state index >= 15 is 0 Å². The molecule has 0 saturated heterocycles. The molecule has 0 aliphatic carbocycles. The predicted molar refractivity (Wildman–Crippen MR) is 135 cm³/mol. The first-order valence-corrected chi connectivity index (χ1v) is 12.7. The third-order valence-corrected chi connectivity index (χ3v) is 7.87. The Morgan fingerprint density at radius 3 is 2.53 bits per heavy atom. The number of methoxy groups -OCH3 is 2. The Kier molecular flexibility index (Phi) is 5.97. The molecule has 9 nitrogen and oxygen atoms in total. The lowest BCUT2D eigenvalue weighted by molar-refractivity contribution is -0.140. The van der Waals surface area contributed by atoms with Crippen molar-refractivity contribution in [2.45, 2.75) is 24.7 Å². The number of carbonyl (C=O) groups excluding carboxylic acids is 1. The highest BCUT2D eigenvalue weighted by atomic mass is 32.2. The van der Waals surface area contributed by atoms with Crippen molar-refractivity contribution in [1.29, 1.82) is 0 Å². The zero-order valence-electron chi connectivity index (χ0n) is 20.0. The van der Waals surface area contributed by atoms with E-state index in [4.69, 9.17) is 9.47 Å². The first kappa shape index (κ1) is 23.6. The highest BCUT2D eigenvalue weighted by molar-refractivity contribution is 7.90. The first-order valence-electron chi connectivity index (χ1n) is 11.2.